The second-order valence-electron chi connectivity index (χ2n) is 8.95. The predicted molar refractivity (Wildman–Crippen MR) is 135 cm³/mol. The van der Waals surface area contributed by atoms with Crippen LogP contribution in [-0.2, 0) is 6.18 Å². The molecule has 2 aliphatic heterocycles. The van der Waals surface area contributed by atoms with Gasteiger partial charge in [0.05, 0.1) is 34.6 Å². The van der Waals surface area contributed by atoms with Crippen molar-refractivity contribution >= 4 is 35.0 Å². The summed E-state index contributed by atoms with van der Waals surface area (Å²) in [6.07, 6.45) is -3.51. The first-order valence-corrected chi connectivity index (χ1v) is 12.1. The summed E-state index contributed by atoms with van der Waals surface area (Å²) in [5.74, 6) is 0.789. The minimum atomic E-state index is -4.53. The van der Waals surface area contributed by atoms with Gasteiger partial charge in [0.1, 0.15) is 24.3 Å². The number of amides is 2. The van der Waals surface area contributed by atoms with E-state index in [2.05, 4.69) is 15.3 Å². The number of carbonyl (C=O) groups is 1. The van der Waals surface area contributed by atoms with E-state index in [0.717, 1.165) is 12.1 Å². The van der Waals surface area contributed by atoms with E-state index in [0.29, 0.717) is 30.9 Å². The van der Waals surface area contributed by atoms with Gasteiger partial charge in [-0.1, -0.05) is 23.7 Å². The molecule has 9 nitrogen and oxygen atoms in total. The van der Waals surface area contributed by atoms with Gasteiger partial charge in [0.2, 0.25) is 0 Å². The lowest BCUT2D eigenvalue weighted by Gasteiger charge is -2.36. The van der Waals surface area contributed by atoms with Crippen molar-refractivity contribution in [2.24, 2.45) is 0 Å². The molecule has 1 saturated heterocycles. The van der Waals surface area contributed by atoms with E-state index in [1.807, 2.05) is 4.90 Å². The fourth-order valence-electron chi connectivity index (χ4n) is 4.52. The van der Waals surface area contributed by atoms with Gasteiger partial charge in [-0.3, -0.25) is 10.2 Å². The van der Waals surface area contributed by atoms with E-state index in [9.17, 15) is 23.1 Å². The van der Waals surface area contributed by atoms with E-state index >= 15 is 0 Å². The summed E-state index contributed by atoms with van der Waals surface area (Å²) in [6.45, 7) is 0.614. The zero-order valence-electron chi connectivity index (χ0n) is 19.8. The van der Waals surface area contributed by atoms with Crippen LogP contribution in [0.25, 0.3) is 11.3 Å². The molecule has 200 valence electrons. The van der Waals surface area contributed by atoms with Gasteiger partial charge >= 0.3 is 12.2 Å². The van der Waals surface area contributed by atoms with Gasteiger partial charge in [-0.25, -0.2) is 14.8 Å². The first-order chi connectivity index (χ1) is 18.1. The molecule has 13 heteroatoms. The molecular weight excluding hydrogens is 527 g/mol. The summed E-state index contributed by atoms with van der Waals surface area (Å²) in [7, 11) is 0. The van der Waals surface area contributed by atoms with Gasteiger partial charge in [-0.05, 0) is 30.7 Å². The van der Waals surface area contributed by atoms with Crippen LogP contribution in [0.5, 0.6) is 5.75 Å². The van der Waals surface area contributed by atoms with Crippen molar-refractivity contribution in [1.29, 1.82) is 0 Å². The van der Waals surface area contributed by atoms with Crippen molar-refractivity contribution in [3.8, 4) is 17.0 Å². The molecule has 2 aliphatic rings. The number of nitrogens with one attached hydrogen (secondary N) is 1. The molecule has 0 spiro atoms. The Bertz CT molecular complexity index is 1360. The highest BCUT2D eigenvalue weighted by atomic mass is 35.5. The maximum absolute atomic E-state index is 13.5. The fraction of sp³-hybridized carbons (Fsp3) is 0.320. The van der Waals surface area contributed by atoms with Crippen LogP contribution in [0.1, 0.15) is 12.0 Å². The number of anilines is 3. The number of pyridine rings is 2. The molecule has 0 saturated carbocycles. The third kappa shape index (κ3) is 5.19. The molecule has 5 rings (SSSR count). The van der Waals surface area contributed by atoms with Crippen LogP contribution in [0.4, 0.5) is 35.3 Å². The summed E-state index contributed by atoms with van der Waals surface area (Å²) in [5.41, 5.74) is 0.0895. The number of alkyl halides is 3. The zero-order chi connectivity index (χ0) is 27.0. The first kappa shape index (κ1) is 26.0. The number of ether oxygens (including phenoxy) is 1. The molecular formula is C25H23ClF3N5O4. The predicted octanol–water partition coefficient (Wildman–Crippen LogP) is 4.18. The van der Waals surface area contributed by atoms with Crippen LogP contribution in [-0.4, -0.2) is 64.7 Å². The lowest BCUT2D eigenvalue weighted by atomic mass is 10.1. The Morgan fingerprint density at radius 1 is 1.26 bits per heavy atom. The zero-order valence-corrected chi connectivity index (χ0v) is 20.6. The van der Waals surface area contributed by atoms with Crippen molar-refractivity contribution < 1.29 is 32.9 Å². The van der Waals surface area contributed by atoms with Crippen LogP contribution >= 0.6 is 11.6 Å². The Balaban J connectivity index is 1.46. The van der Waals surface area contributed by atoms with Gasteiger partial charge in [0.25, 0.3) is 0 Å². The third-order valence-electron chi connectivity index (χ3n) is 6.34. The molecule has 2 aromatic heterocycles. The number of halogens is 4. The largest absolute Gasteiger partial charge is 0.491 e. The number of fused-ring (bicyclic) bond motifs is 4. The molecule has 1 fully saturated rings. The topological polar surface area (TPSA) is 111 Å². The van der Waals surface area contributed by atoms with Gasteiger partial charge in [-0.2, -0.15) is 13.2 Å². The number of hydrogen-bond acceptors (Lipinski definition) is 7. The summed E-state index contributed by atoms with van der Waals surface area (Å²) in [5, 5.41) is 21.3. The maximum Gasteiger partial charge on any atom is 0.416 e. The quantitative estimate of drug-likeness (QED) is 0.423. The van der Waals surface area contributed by atoms with Crippen molar-refractivity contribution in [1.82, 2.24) is 9.97 Å². The molecule has 0 aliphatic carbocycles. The summed E-state index contributed by atoms with van der Waals surface area (Å²) in [4.78, 5) is 25.7. The highest BCUT2D eigenvalue weighted by Crippen LogP contribution is 2.43. The Kier molecular flexibility index (Phi) is 7.03. The van der Waals surface area contributed by atoms with E-state index in [1.165, 1.54) is 35.4 Å². The summed E-state index contributed by atoms with van der Waals surface area (Å²) in [6, 6.07) is 8.61. The maximum atomic E-state index is 13.5. The van der Waals surface area contributed by atoms with Crippen LogP contribution in [0.15, 0.2) is 48.7 Å². The van der Waals surface area contributed by atoms with Crippen LogP contribution in [0, 0.1) is 0 Å². The van der Waals surface area contributed by atoms with E-state index in [1.54, 1.807) is 6.07 Å². The average Bonchev–Trinajstić information content (AvgIpc) is 3.31. The Labute approximate surface area is 220 Å². The van der Waals surface area contributed by atoms with E-state index in [-0.39, 0.29) is 40.6 Å². The van der Waals surface area contributed by atoms with Crippen LogP contribution in [0.3, 0.4) is 0 Å². The minimum Gasteiger partial charge on any atom is -0.491 e. The second kappa shape index (κ2) is 10.3. The molecule has 3 aromatic rings. The molecule has 2 amide bonds. The molecule has 3 N–H and O–H groups in total. The number of carbonyl (C=O) groups excluding carboxylic acids is 1. The van der Waals surface area contributed by atoms with E-state index in [4.69, 9.17) is 21.4 Å². The number of aromatic nitrogens is 2. The summed E-state index contributed by atoms with van der Waals surface area (Å²) >= 11 is 6.49. The minimum absolute atomic E-state index is 0.132. The van der Waals surface area contributed by atoms with Crippen molar-refractivity contribution in [2.45, 2.75) is 24.7 Å². The van der Waals surface area contributed by atoms with Crippen molar-refractivity contribution in [2.75, 3.05) is 41.4 Å². The smallest absolute Gasteiger partial charge is 0.416 e. The second-order valence-corrected chi connectivity index (χ2v) is 9.36. The highest BCUT2D eigenvalue weighted by Gasteiger charge is 2.41. The van der Waals surface area contributed by atoms with Gasteiger partial charge in [0.15, 0.2) is 5.82 Å². The highest BCUT2D eigenvalue weighted by molar-refractivity contribution is 6.33. The molecule has 2 bridgehead atoms. The molecule has 2 atom stereocenters. The van der Waals surface area contributed by atoms with Crippen LogP contribution < -0.4 is 19.9 Å². The van der Waals surface area contributed by atoms with E-state index < -0.39 is 30.5 Å². The van der Waals surface area contributed by atoms with Gasteiger partial charge < -0.3 is 19.8 Å². The number of aliphatic hydroxyl groups excluding tert-OH is 2. The van der Waals surface area contributed by atoms with Gasteiger partial charge in [-0.15, -0.1) is 0 Å². The van der Waals surface area contributed by atoms with Gasteiger partial charge in [0, 0.05) is 30.9 Å². The number of nitrogens with zero attached hydrogens (tertiary/aromatic N) is 4. The molecule has 1 unspecified atom stereocenters. The first-order valence-electron chi connectivity index (χ1n) is 11.7. The number of aliphatic hydroxyl groups is 2. The molecule has 38 heavy (non-hydrogen) atoms. The molecule has 4 heterocycles. The average molecular weight is 550 g/mol. The Hall–Kier alpha value is -3.61. The SMILES string of the molecule is O=C(Nc1cc(OCC(O)CO)ccn1)N1c2nc(-c3cccc(C(F)(F)F)c3)c(Cl)cc2N2CC[C@H]1C2. The number of urea groups is 1. The third-order valence-corrected chi connectivity index (χ3v) is 6.62. The van der Waals surface area contributed by atoms with Crippen LogP contribution in [0.2, 0.25) is 5.02 Å². The number of benzene rings is 1. The standard InChI is InChI=1S/C25H23ClF3N5O4/c26-19-10-20-23(32-22(19)14-2-1-3-15(8-14)25(27,28)29)34(16-5-7-33(20)11-16)24(37)31-21-9-18(4-6-30-21)38-13-17(36)12-35/h1-4,6,8-10,16-17,35-36H,5,7,11-13H2,(H,30,31,37)/t16-,17?/m0/s1. The van der Waals surface area contributed by atoms with Crippen molar-refractivity contribution in [3.63, 3.8) is 0 Å². The van der Waals surface area contributed by atoms with Crippen molar-refractivity contribution in [3.05, 3.63) is 59.2 Å². The Morgan fingerprint density at radius 3 is 2.84 bits per heavy atom. The number of hydrogen-bond donors (Lipinski definition) is 3. The molecule has 0 radical (unpaired) electrons. The fourth-order valence-corrected chi connectivity index (χ4v) is 4.77. The number of rotatable bonds is 6. The lowest BCUT2D eigenvalue weighted by molar-refractivity contribution is -0.137. The lowest BCUT2D eigenvalue weighted by Crippen LogP contribution is -2.48. The monoisotopic (exact) mass is 549 g/mol. The summed E-state index contributed by atoms with van der Waals surface area (Å²) < 4.78 is 45.4. The molecule has 1 aromatic carbocycles. The Morgan fingerprint density at radius 2 is 2.08 bits per heavy atom. The normalized spacial score (nSPS) is 17.3.